The topological polar surface area (TPSA) is 98.2 Å². The van der Waals surface area contributed by atoms with Crippen LogP contribution < -0.4 is 5.32 Å². The van der Waals surface area contributed by atoms with Gasteiger partial charge in [0.05, 0.1) is 15.8 Å². The van der Waals surface area contributed by atoms with Crippen molar-refractivity contribution in [2.24, 2.45) is 0 Å². The SMILES string of the molecule is O=C(CSc1nnc2c(Cl)cc(Cl)cn12)Nc1nnc(-c2ccccc2)o1. The first kappa shape index (κ1) is 17.8. The Morgan fingerprint density at radius 3 is 2.78 bits per heavy atom. The second-order valence-electron chi connectivity index (χ2n) is 5.30. The molecule has 27 heavy (non-hydrogen) atoms. The highest BCUT2D eigenvalue weighted by Gasteiger charge is 2.14. The summed E-state index contributed by atoms with van der Waals surface area (Å²) in [7, 11) is 0. The first-order chi connectivity index (χ1) is 13.1. The summed E-state index contributed by atoms with van der Waals surface area (Å²) in [6, 6.07) is 10.9. The van der Waals surface area contributed by atoms with Crippen LogP contribution in [0.25, 0.3) is 17.1 Å². The number of fused-ring (bicyclic) bond motifs is 1. The van der Waals surface area contributed by atoms with E-state index in [1.165, 1.54) is 11.8 Å². The van der Waals surface area contributed by atoms with E-state index in [-0.39, 0.29) is 17.7 Å². The molecule has 3 heterocycles. The molecule has 0 fully saturated rings. The van der Waals surface area contributed by atoms with E-state index < -0.39 is 0 Å². The molecule has 8 nitrogen and oxygen atoms in total. The van der Waals surface area contributed by atoms with Gasteiger partial charge < -0.3 is 4.42 Å². The van der Waals surface area contributed by atoms with E-state index in [1.54, 1.807) is 16.7 Å². The number of amides is 1. The fourth-order valence-electron chi connectivity index (χ4n) is 2.26. The predicted octanol–water partition coefficient (Wildman–Crippen LogP) is 3.82. The van der Waals surface area contributed by atoms with E-state index in [1.807, 2.05) is 30.3 Å². The summed E-state index contributed by atoms with van der Waals surface area (Å²) in [6.07, 6.45) is 1.63. The smallest absolute Gasteiger partial charge is 0.322 e. The molecule has 0 aliphatic carbocycles. The molecule has 0 aliphatic heterocycles. The number of carbonyl (C=O) groups is 1. The minimum Gasteiger partial charge on any atom is -0.403 e. The van der Waals surface area contributed by atoms with Gasteiger partial charge in [-0.1, -0.05) is 58.3 Å². The lowest BCUT2D eigenvalue weighted by molar-refractivity contribution is -0.113. The Labute approximate surface area is 166 Å². The molecular formula is C16H10Cl2N6O2S. The number of thioether (sulfide) groups is 1. The van der Waals surface area contributed by atoms with E-state index in [0.717, 1.165) is 5.56 Å². The molecule has 4 aromatic rings. The van der Waals surface area contributed by atoms with Crippen LogP contribution in [0.15, 0.2) is 52.2 Å². The van der Waals surface area contributed by atoms with Crippen LogP contribution >= 0.6 is 35.0 Å². The highest BCUT2D eigenvalue weighted by molar-refractivity contribution is 7.99. The van der Waals surface area contributed by atoms with Gasteiger partial charge in [0.25, 0.3) is 0 Å². The molecule has 0 saturated heterocycles. The monoisotopic (exact) mass is 420 g/mol. The Morgan fingerprint density at radius 1 is 1.15 bits per heavy atom. The Morgan fingerprint density at radius 2 is 1.96 bits per heavy atom. The molecule has 1 amide bonds. The van der Waals surface area contributed by atoms with Gasteiger partial charge in [-0.25, -0.2) is 0 Å². The Balaban J connectivity index is 1.41. The van der Waals surface area contributed by atoms with Crippen molar-refractivity contribution in [3.05, 3.63) is 52.6 Å². The van der Waals surface area contributed by atoms with Gasteiger partial charge in [0.15, 0.2) is 10.8 Å². The molecule has 136 valence electrons. The lowest BCUT2D eigenvalue weighted by Gasteiger charge is -2.01. The number of rotatable bonds is 5. The van der Waals surface area contributed by atoms with Crippen molar-refractivity contribution in [3.63, 3.8) is 0 Å². The number of carbonyl (C=O) groups excluding carboxylic acids is 1. The highest BCUT2D eigenvalue weighted by atomic mass is 35.5. The predicted molar refractivity (Wildman–Crippen MR) is 102 cm³/mol. The molecule has 1 aromatic carbocycles. The summed E-state index contributed by atoms with van der Waals surface area (Å²) in [4.78, 5) is 12.2. The minimum absolute atomic E-state index is 0.0247. The van der Waals surface area contributed by atoms with Gasteiger partial charge in [-0.05, 0) is 18.2 Å². The average Bonchev–Trinajstić information content (AvgIpc) is 3.28. The molecule has 0 aliphatic rings. The maximum atomic E-state index is 12.2. The van der Waals surface area contributed by atoms with Crippen LogP contribution in [0.4, 0.5) is 6.01 Å². The average molecular weight is 421 g/mol. The zero-order chi connectivity index (χ0) is 18.8. The fourth-order valence-corrected chi connectivity index (χ4v) is 3.48. The van der Waals surface area contributed by atoms with Gasteiger partial charge in [0, 0.05) is 11.8 Å². The third kappa shape index (κ3) is 3.90. The van der Waals surface area contributed by atoms with E-state index in [4.69, 9.17) is 27.6 Å². The zero-order valence-electron chi connectivity index (χ0n) is 13.5. The number of nitrogens with one attached hydrogen (secondary N) is 1. The molecule has 0 saturated carbocycles. The van der Waals surface area contributed by atoms with Crippen LogP contribution in [0.5, 0.6) is 0 Å². The summed E-state index contributed by atoms with van der Waals surface area (Å²) >= 11 is 13.2. The number of hydrogen-bond acceptors (Lipinski definition) is 7. The lowest BCUT2D eigenvalue weighted by Crippen LogP contribution is -2.14. The summed E-state index contributed by atoms with van der Waals surface area (Å²) in [6.45, 7) is 0. The fraction of sp³-hybridized carbons (Fsp3) is 0.0625. The van der Waals surface area contributed by atoms with Gasteiger partial charge in [-0.15, -0.1) is 15.3 Å². The zero-order valence-corrected chi connectivity index (χ0v) is 15.8. The van der Waals surface area contributed by atoms with Crippen LogP contribution in [0.1, 0.15) is 0 Å². The van der Waals surface area contributed by atoms with Crippen molar-refractivity contribution in [2.75, 3.05) is 11.1 Å². The standard InChI is InChI=1S/C16H10Cl2N6O2S/c17-10-6-11(18)13-20-23-16(24(13)7-10)27-8-12(25)19-15-22-21-14(26-15)9-4-2-1-3-5-9/h1-7H,8H2,(H,19,22,25). The van der Waals surface area contributed by atoms with Gasteiger partial charge >= 0.3 is 6.01 Å². The maximum Gasteiger partial charge on any atom is 0.322 e. The normalized spacial score (nSPS) is 11.0. The van der Waals surface area contributed by atoms with Crippen LogP contribution in [0.3, 0.4) is 0 Å². The molecule has 1 N–H and O–H groups in total. The van der Waals surface area contributed by atoms with Crippen molar-refractivity contribution in [1.82, 2.24) is 24.8 Å². The van der Waals surface area contributed by atoms with Crippen LogP contribution in [0.2, 0.25) is 10.0 Å². The Hall–Kier alpha value is -2.62. The third-order valence-electron chi connectivity index (χ3n) is 3.42. The van der Waals surface area contributed by atoms with E-state index in [9.17, 15) is 4.79 Å². The van der Waals surface area contributed by atoms with E-state index in [2.05, 4.69) is 25.7 Å². The first-order valence-electron chi connectivity index (χ1n) is 7.61. The van der Waals surface area contributed by atoms with Crippen molar-refractivity contribution in [3.8, 4) is 11.5 Å². The van der Waals surface area contributed by atoms with E-state index >= 15 is 0 Å². The maximum absolute atomic E-state index is 12.2. The van der Waals surface area contributed by atoms with Gasteiger partial charge in [-0.2, -0.15) is 0 Å². The van der Waals surface area contributed by atoms with Crippen LogP contribution in [0, 0.1) is 0 Å². The highest BCUT2D eigenvalue weighted by Crippen LogP contribution is 2.25. The van der Waals surface area contributed by atoms with Crippen LogP contribution in [-0.2, 0) is 4.79 Å². The quantitative estimate of drug-likeness (QED) is 0.489. The summed E-state index contributed by atoms with van der Waals surface area (Å²) in [5.74, 6) is 0.0629. The van der Waals surface area contributed by atoms with Crippen LogP contribution in [-0.4, -0.2) is 36.5 Å². The summed E-state index contributed by atoms with van der Waals surface area (Å²) < 4.78 is 7.08. The Kier molecular flexibility index (Phi) is 4.97. The van der Waals surface area contributed by atoms with Gasteiger partial charge in [0.1, 0.15) is 0 Å². The number of halogens is 2. The van der Waals surface area contributed by atoms with Crippen molar-refractivity contribution >= 4 is 52.5 Å². The number of pyridine rings is 1. The first-order valence-corrected chi connectivity index (χ1v) is 9.35. The third-order valence-corrected chi connectivity index (χ3v) is 4.85. The number of benzene rings is 1. The summed E-state index contributed by atoms with van der Waals surface area (Å²) in [5, 5.41) is 19.6. The minimum atomic E-state index is -0.326. The number of hydrogen-bond donors (Lipinski definition) is 1. The lowest BCUT2D eigenvalue weighted by atomic mass is 10.2. The molecule has 3 aromatic heterocycles. The number of aromatic nitrogens is 5. The van der Waals surface area contributed by atoms with Crippen molar-refractivity contribution in [2.45, 2.75) is 5.16 Å². The van der Waals surface area contributed by atoms with Gasteiger partial charge in [0.2, 0.25) is 11.8 Å². The second kappa shape index (κ2) is 7.55. The molecule has 11 heteroatoms. The number of nitrogens with zero attached hydrogens (tertiary/aromatic N) is 5. The molecule has 0 spiro atoms. The summed E-state index contributed by atoms with van der Waals surface area (Å²) in [5.41, 5.74) is 1.23. The van der Waals surface area contributed by atoms with Crippen molar-refractivity contribution < 1.29 is 9.21 Å². The van der Waals surface area contributed by atoms with Crippen molar-refractivity contribution in [1.29, 1.82) is 0 Å². The largest absolute Gasteiger partial charge is 0.403 e. The van der Waals surface area contributed by atoms with Gasteiger partial charge in [-0.3, -0.25) is 14.5 Å². The Bertz CT molecular complexity index is 1110. The molecule has 0 bridgehead atoms. The van der Waals surface area contributed by atoms with E-state index in [0.29, 0.717) is 26.7 Å². The second-order valence-corrected chi connectivity index (χ2v) is 7.08. The molecule has 4 rings (SSSR count). The molecule has 0 radical (unpaired) electrons. The molecule has 0 unspecified atom stereocenters. The molecule has 0 atom stereocenters. The number of anilines is 1. The molecular weight excluding hydrogens is 411 g/mol.